The Morgan fingerprint density at radius 2 is 1.97 bits per heavy atom. The van der Waals surface area contributed by atoms with E-state index in [1.165, 1.54) is 23.9 Å². The topological polar surface area (TPSA) is 107 Å². The van der Waals surface area contributed by atoms with Crippen LogP contribution in [0, 0.1) is 5.82 Å². The number of anilines is 3. The molecule has 4 aromatic rings. The monoisotopic (exact) mass is 440 g/mol. The lowest BCUT2D eigenvalue weighted by Gasteiger charge is -2.09. The van der Waals surface area contributed by atoms with Crippen LogP contribution in [-0.4, -0.2) is 29.7 Å². The molecule has 3 aromatic heterocycles. The molecule has 0 saturated heterocycles. The average molecular weight is 441 g/mol. The molecule has 1 aliphatic rings. The summed E-state index contributed by atoms with van der Waals surface area (Å²) in [5.74, 6) is 2.03. The van der Waals surface area contributed by atoms with Gasteiger partial charge in [-0.3, -0.25) is 4.57 Å². The minimum absolute atomic E-state index is 0.119. The molecule has 0 unspecified atom stereocenters. The second-order valence-electron chi connectivity index (χ2n) is 6.74. The summed E-state index contributed by atoms with van der Waals surface area (Å²) in [6, 6.07) is 10.4. The summed E-state index contributed by atoms with van der Waals surface area (Å²) in [6.45, 7) is 0. The van der Waals surface area contributed by atoms with Crippen molar-refractivity contribution in [3.63, 3.8) is 0 Å². The highest BCUT2D eigenvalue weighted by atomic mass is 32.2. The molecule has 0 radical (unpaired) electrons. The maximum atomic E-state index is 13.1. The van der Waals surface area contributed by atoms with Gasteiger partial charge in [-0.15, -0.1) is 21.5 Å². The van der Waals surface area contributed by atoms with Crippen LogP contribution >= 0.6 is 23.1 Å². The van der Waals surface area contributed by atoms with Crippen LogP contribution in [0.15, 0.2) is 46.9 Å². The lowest BCUT2D eigenvalue weighted by molar-refractivity contribution is 0.628. The van der Waals surface area contributed by atoms with Gasteiger partial charge >= 0.3 is 0 Å². The number of hydrogen-bond acceptors (Lipinski definition) is 9. The molecule has 152 valence electrons. The van der Waals surface area contributed by atoms with Gasteiger partial charge in [0.15, 0.2) is 11.0 Å². The number of rotatable bonds is 7. The highest BCUT2D eigenvalue weighted by Crippen LogP contribution is 2.42. The van der Waals surface area contributed by atoms with Crippen LogP contribution < -0.4 is 11.1 Å². The van der Waals surface area contributed by atoms with Crippen molar-refractivity contribution in [2.45, 2.75) is 29.8 Å². The van der Waals surface area contributed by atoms with Crippen LogP contribution in [0.3, 0.4) is 0 Å². The molecular formula is C19H17FN8S2. The molecule has 0 amide bonds. The fourth-order valence-electron chi connectivity index (χ4n) is 2.96. The number of aromatic nitrogens is 6. The zero-order valence-corrected chi connectivity index (χ0v) is 17.3. The third kappa shape index (κ3) is 4.12. The molecule has 8 nitrogen and oxygen atoms in total. The summed E-state index contributed by atoms with van der Waals surface area (Å²) >= 11 is 3.18. The van der Waals surface area contributed by atoms with Crippen molar-refractivity contribution in [3.8, 4) is 10.7 Å². The number of benzene rings is 1. The zero-order valence-electron chi connectivity index (χ0n) is 15.7. The van der Waals surface area contributed by atoms with Gasteiger partial charge in [0.2, 0.25) is 11.9 Å². The zero-order chi connectivity index (χ0) is 20.5. The van der Waals surface area contributed by atoms with Crippen LogP contribution in [0.25, 0.3) is 10.7 Å². The van der Waals surface area contributed by atoms with E-state index in [0.717, 1.165) is 28.7 Å². The molecule has 1 aromatic carbocycles. The minimum Gasteiger partial charge on any atom is -0.368 e. The molecule has 0 aliphatic heterocycles. The number of nitrogens with one attached hydrogen (secondary N) is 1. The van der Waals surface area contributed by atoms with Gasteiger partial charge in [0, 0.05) is 11.7 Å². The summed E-state index contributed by atoms with van der Waals surface area (Å²) in [5.41, 5.74) is 6.52. The minimum atomic E-state index is -0.311. The molecule has 0 spiro atoms. The van der Waals surface area contributed by atoms with E-state index in [9.17, 15) is 4.39 Å². The first kappa shape index (κ1) is 18.9. The highest BCUT2D eigenvalue weighted by Gasteiger charge is 2.30. The Labute approximate surface area is 179 Å². The smallest absolute Gasteiger partial charge is 0.232 e. The molecule has 11 heteroatoms. The Hall–Kier alpha value is -3.05. The van der Waals surface area contributed by atoms with Gasteiger partial charge in [-0.2, -0.15) is 15.0 Å². The number of thioether (sulfide) groups is 1. The largest absolute Gasteiger partial charge is 0.368 e. The van der Waals surface area contributed by atoms with E-state index < -0.39 is 0 Å². The van der Waals surface area contributed by atoms with Gasteiger partial charge in [-0.25, -0.2) is 4.39 Å². The molecule has 1 saturated carbocycles. The predicted molar refractivity (Wildman–Crippen MR) is 115 cm³/mol. The van der Waals surface area contributed by atoms with Crippen molar-refractivity contribution >= 4 is 40.7 Å². The van der Waals surface area contributed by atoms with E-state index in [0.29, 0.717) is 29.3 Å². The van der Waals surface area contributed by atoms with Crippen LogP contribution in [0.1, 0.15) is 24.7 Å². The number of thiophene rings is 1. The third-order valence-electron chi connectivity index (χ3n) is 4.45. The van der Waals surface area contributed by atoms with Gasteiger partial charge in [0.25, 0.3) is 0 Å². The normalized spacial score (nSPS) is 13.5. The number of nitrogens with zero attached hydrogens (tertiary/aromatic N) is 6. The SMILES string of the molecule is Nc1nc(CSc2nnc(-c3cccs3)n2C2CC2)nc(Nc2ccc(F)cc2)n1. The van der Waals surface area contributed by atoms with Crippen molar-refractivity contribution in [2.24, 2.45) is 0 Å². The molecule has 1 fully saturated rings. The van der Waals surface area contributed by atoms with Crippen molar-refractivity contribution in [3.05, 3.63) is 53.4 Å². The number of nitrogens with two attached hydrogens (primary N) is 1. The van der Waals surface area contributed by atoms with E-state index in [-0.39, 0.29) is 11.8 Å². The molecule has 3 heterocycles. The van der Waals surface area contributed by atoms with Crippen molar-refractivity contribution < 1.29 is 4.39 Å². The number of halogens is 1. The van der Waals surface area contributed by atoms with Gasteiger partial charge in [0.05, 0.1) is 10.6 Å². The first-order chi connectivity index (χ1) is 14.7. The standard InChI is InChI=1S/C19H17FN8S2/c20-11-3-5-12(6-4-11)22-18-24-15(23-17(21)25-18)10-30-19-27-26-16(14-2-1-9-29-14)28(19)13-7-8-13/h1-6,9,13H,7-8,10H2,(H3,21,22,23,24,25). The second-order valence-corrected chi connectivity index (χ2v) is 8.63. The number of hydrogen-bond donors (Lipinski definition) is 2. The Kier molecular flexibility index (Phi) is 5.05. The lowest BCUT2D eigenvalue weighted by Crippen LogP contribution is -2.07. The summed E-state index contributed by atoms with van der Waals surface area (Å²) in [4.78, 5) is 13.9. The van der Waals surface area contributed by atoms with Gasteiger partial charge in [-0.05, 0) is 48.6 Å². The third-order valence-corrected chi connectivity index (χ3v) is 6.25. The van der Waals surface area contributed by atoms with Crippen molar-refractivity contribution in [1.82, 2.24) is 29.7 Å². The van der Waals surface area contributed by atoms with E-state index in [4.69, 9.17) is 5.73 Å². The van der Waals surface area contributed by atoms with E-state index in [1.807, 2.05) is 11.4 Å². The highest BCUT2D eigenvalue weighted by molar-refractivity contribution is 7.98. The van der Waals surface area contributed by atoms with Crippen molar-refractivity contribution in [1.29, 1.82) is 0 Å². The average Bonchev–Trinajstić information content (AvgIpc) is 3.24. The number of nitrogen functional groups attached to an aromatic ring is 1. The fourth-order valence-corrected chi connectivity index (χ4v) is 4.53. The Morgan fingerprint density at radius 1 is 1.13 bits per heavy atom. The summed E-state index contributed by atoms with van der Waals surface area (Å²) in [6.07, 6.45) is 2.27. The molecule has 0 bridgehead atoms. The fraction of sp³-hybridized carbons (Fsp3) is 0.211. The molecule has 5 rings (SSSR count). The Morgan fingerprint density at radius 3 is 2.70 bits per heavy atom. The van der Waals surface area contributed by atoms with Gasteiger partial charge in [-0.1, -0.05) is 17.8 Å². The summed E-state index contributed by atoms with van der Waals surface area (Å²) in [5, 5.41) is 14.7. The quantitative estimate of drug-likeness (QED) is 0.410. The molecule has 0 atom stereocenters. The van der Waals surface area contributed by atoms with E-state index >= 15 is 0 Å². The van der Waals surface area contributed by atoms with Crippen molar-refractivity contribution in [2.75, 3.05) is 11.1 Å². The maximum absolute atomic E-state index is 13.1. The summed E-state index contributed by atoms with van der Waals surface area (Å²) in [7, 11) is 0. The molecule has 30 heavy (non-hydrogen) atoms. The molecule has 1 aliphatic carbocycles. The molecular weight excluding hydrogens is 423 g/mol. The predicted octanol–water partition coefficient (Wildman–Crippen LogP) is 4.28. The van der Waals surface area contributed by atoms with Crippen LogP contribution in [0.5, 0.6) is 0 Å². The maximum Gasteiger partial charge on any atom is 0.232 e. The van der Waals surface area contributed by atoms with Gasteiger partial charge < -0.3 is 11.1 Å². The van der Waals surface area contributed by atoms with Gasteiger partial charge in [0.1, 0.15) is 11.6 Å². The summed E-state index contributed by atoms with van der Waals surface area (Å²) < 4.78 is 15.3. The second kappa shape index (κ2) is 8.00. The lowest BCUT2D eigenvalue weighted by atomic mass is 10.3. The Bertz CT molecular complexity index is 1160. The van der Waals surface area contributed by atoms with E-state index in [1.54, 1.807) is 23.5 Å². The van der Waals surface area contributed by atoms with E-state index in [2.05, 4.69) is 41.1 Å². The van der Waals surface area contributed by atoms with Crippen LogP contribution in [0.4, 0.5) is 22.0 Å². The van der Waals surface area contributed by atoms with Crippen LogP contribution in [-0.2, 0) is 5.75 Å². The van der Waals surface area contributed by atoms with Crippen LogP contribution in [0.2, 0.25) is 0 Å². The first-order valence-corrected chi connectivity index (χ1v) is 11.2. The Balaban J connectivity index is 1.34. The molecule has 3 N–H and O–H groups in total. The first-order valence-electron chi connectivity index (χ1n) is 9.30.